The molecule has 0 spiro atoms. The van der Waals surface area contributed by atoms with Crippen molar-refractivity contribution < 1.29 is 8.42 Å². The van der Waals surface area contributed by atoms with Gasteiger partial charge in [-0.3, -0.25) is 0 Å². The molecule has 1 aromatic heterocycles. The normalized spacial score (nSPS) is 15.4. The van der Waals surface area contributed by atoms with E-state index in [4.69, 9.17) is 0 Å². The zero-order valence-electron chi connectivity index (χ0n) is 13.7. The minimum Gasteiger partial charge on any atom is -0.354 e. The summed E-state index contributed by atoms with van der Waals surface area (Å²) in [5.74, 6) is 0.851. The van der Waals surface area contributed by atoms with Gasteiger partial charge in [0, 0.05) is 43.1 Å². The molecule has 0 saturated carbocycles. The van der Waals surface area contributed by atoms with Crippen molar-refractivity contribution in [1.82, 2.24) is 10.3 Å². The summed E-state index contributed by atoms with van der Waals surface area (Å²) in [6.07, 6.45) is 1.50. The van der Waals surface area contributed by atoms with Crippen LogP contribution >= 0.6 is 0 Å². The van der Waals surface area contributed by atoms with Crippen molar-refractivity contribution in [1.29, 1.82) is 0 Å². The fraction of sp³-hybridized carbons (Fsp3) is 0.211. The summed E-state index contributed by atoms with van der Waals surface area (Å²) in [5, 5.41) is 4.92. The largest absolute Gasteiger partial charge is 0.354 e. The second kappa shape index (κ2) is 6.46. The zero-order valence-corrected chi connectivity index (χ0v) is 14.5. The van der Waals surface area contributed by atoms with Crippen LogP contribution in [0, 0.1) is 0 Å². The fourth-order valence-electron chi connectivity index (χ4n) is 3.22. The molecule has 25 heavy (non-hydrogen) atoms. The second-order valence-electron chi connectivity index (χ2n) is 6.05. The Bertz CT molecular complexity index is 998. The molecule has 0 radical (unpaired) electrons. The Kier molecular flexibility index (Phi) is 4.15. The number of anilines is 1. The minimum atomic E-state index is -3.61. The Morgan fingerprint density at radius 1 is 0.880 bits per heavy atom. The van der Waals surface area contributed by atoms with Crippen LogP contribution in [0.2, 0.25) is 0 Å². The molecule has 1 fully saturated rings. The Balaban J connectivity index is 1.90. The van der Waals surface area contributed by atoms with E-state index in [0.29, 0.717) is 0 Å². The highest BCUT2D eigenvalue weighted by Crippen LogP contribution is 2.32. The zero-order chi connectivity index (χ0) is 17.3. The van der Waals surface area contributed by atoms with Crippen LogP contribution in [0.25, 0.3) is 10.8 Å². The molecule has 1 saturated heterocycles. The molecule has 5 nitrogen and oxygen atoms in total. The van der Waals surface area contributed by atoms with E-state index >= 15 is 0 Å². The van der Waals surface area contributed by atoms with Crippen LogP contribution in [0.4, 0.5) is 5.82 Å². The maximum atomic E-state index is 13.1. The Morgan fingerprint density at radius 2 is 1.52 bits per heavy atom. The van der Waals surface area contributed by atoms with E-state index in [2.05, 4.69) is 15.2 Å². The van der Waals surface area contributed by atoms with Gasteiger partial charge in [-0.15, -0.1) is 0 Å². The van der Waals surface area contributed by atoms with Crippen LogP contribution in [0.5, 0.6) is 0 Å². The smallest absolute Gasteiger partial charge is 0.208 e. The number of nitrogens with one attached hydrogen (secondary N) is 1. The first-order valence-electron chi connectivity index (χ1n) is 8.31. The number of aromatic nitrogens is 1. The van der Waals surface area contributed by atoms with Crippen LogP contribution < -0.4 is 10.2 Å². The number of benzene rings is 2. The van der Waals surface area contributed by atoms with Crippen molar-refractivity contribution in [2.75, 3.05) is 31.1 Å². The average molecular weight is 353 g/mol. The minimum absolute atomic E-state index is 0.258. The molecule has 0 atom stereocenters. The fourth-order valence-corrected chi connectivity index (χ4v) is 4.65. The van der Waals surface area contributed by atoms with Gasteiger partial charge in [-0.1, -0.05) is 42.5 Å². The molecule has 0 unspecified atom stereocenters. The van der Waals surface area contributed by atoms with Gasteiger partial charge in [0.15, 0.2) is 0 Å². The summed E-state index contributed by atoms with van der Waals surface area (Å²) in [6, 6.07) is 16.1. The van der Waals surface area contributed by atoms with Gasteiger partial charge in [-0.05, 0) is 12.1 Å². The molecule has 0 amide bonds. The van der Waals surface area contributed by atoms with Crippen LogP contribution in [0.3, 0.4) is 0 Å². The highest BCUT2D eigenvalue weighted by atomic mass is 32.2. The lowest BCUT2D eigenvalue weighted by atomic mass is 10.1. The number of hydrogen-bond donors (Lipinski definition) is 1. The van der Waals surface area contributed by atoms with Crippen LogP contribution in [0.15, 0.2) is 70.6 Å². The number of pyridine rings is 1. The van der Waals surface area contributed by atoms with E-state index in [1.807, 2.05) is 30.3 Å². The van der Waals surface area contributed by atoms with Crippen molar-refractivity contribution in [2.24, 2.45) is 0 Å². The number of fused-ring (bicyclic) bond motifs is 1. The van der Waals surface area contributed by atoms with E-state index in [1.54, 1.807) is 24.3 Å². The van der Waals surface area contributed by atoms with Gasteiger partial charge in [0.1, 0.15) is 5.82 Å². The highest BCUT2D eigenvalue weighted by Gasteiger charge is 2.23. The van der Waals surface area contributed by atoms with Crippen LogP contribution in [0.1, 0.15) is 0 Å². The highest BCUT2D eigenvalue weighted by molar-refractivity contribution is 7.91. The molecular weight excluding hydrogens is 334 g/mol. The maximum absolute atomic E-state index is 13.1. The number of piperazine rings is 1. The molecule has 0 aliphatic carbocycles. The Hall–Kier alpha value is -2.44. The van der Waals surface area contributed by atoms with Gasteiger partial charge in [-0.25, -0.2) is 13.4 Å². The van der Waals surface area contributed by atoms with E-state index < -0.39 is 9.84 Å². The number of rotatable bonds is 3. The van der Waals surface area contributed by atoms with Gasteiger partial charge >= 0.3 is 0 Å². The van der Waals surface area contributed by atoms with E-state index in [-0.39, 0.29) is 9.79 Å². The second-order valence-corrected chi connectivity index (χ2v) is 7.96. The Labute approximate surface area is 147 Å². The summed E-state index contributed by atoms with van der Waals surface area (Å²) < 4.78 is 26.1. The topological polar surface area (TPSA) is 62.3 Å². The number of nitrogens with zero attached hydrogens (tertiary/aromatic N) is 2. The molecule has 3 aromatic rings. The van der Waals surface area contributed by atoms with E-state index in [0.717, 1.165) is 42.8 Å². The predicted octanol–water partition coefficient (Wildman–Crippen LogP) is 2.48. The molecular formula is C19H19N3O2S. The third kappa shape index (κ3) is 2.88. The molecule has 2 aromatic carbocycles. The summed E-state index contributed by atoms with van der Waals surface area (Å²) >= 11 is 0. The molecule has 4 rings (SSSR count). The third-order valence-corrected chi connectivity index (χ3v) is 6.29. The standard InChI is InChI=1S/C19H19N3O2S/c23-25(24,15-6-2-1-3-7-15)18-14-21-19(22-12-10-20-11-13-22)17-9-5-4-8-16(17)18/h1-9,14,20H,10-13H2. The molecule has 1 aliphatic heterocycles. The lowest BCUT2D eigenvalue weighted by Crippen LogP contribution is -2.44. The SMILES string of the molecule is O=S(=O)(c1ccccc1)c1cnc(N2CCNCC2)c2ccccc12. The van der Waals surface area contributed by atoms with Crippen LogP contribution in [-0.2, 0) is 9.84 Å². The third-order valence-electron chi connectivity index (χ3n) is 4.50. The average Bonchev–Trinajstić information content (AvgIpc) is 2.68. The van der Waals surface area contributed by atoms with Gasteiger partial charge < -0.3 is 10.2 Å². The van der Waals surface area contributed by atoms with Crippen molar-refractivity contribution in [3.05, 3.63) is 60.8 Å². The van der Waals surface area contributed by atoms with Crippen molar-refractivity contribution >= 4 is 26.4 Å². The predicted molar refractivity (Wildman–Crippen MR) is 98.7 cm³/mol. The molecule has 1 N–H and O–H groups in total. The first-order valence-corrected chi connectivity index (χ1v) is 9.80. The molecule has 0 bridgehead atoms. The summed E-state index contributed by atoms with van der Waals surface area (Å²) in [6.45, 7) is 3.53. The number of sulfone groups is 1. The first kappa shape index (κ1) is 16.1. The monoisotopic (exact) mass is 353 g/mol. The summed E-state index contributed by atoms with van der Waals surface area (Å²) in [5.41, 5.74) is 0. The van der Waals surface area contributed by atoms with Gasteiger partial charge in [0.25, 0.3) is 0 Å². The summed E-state index contributed by atoms with van der Waals surface area (Å²) in [7, 11) is -3.61. The molecule has 128 valence electrons. The van der Waals surface area contributed by atoms with Crippen LogP contribution in [-0.4, -0.2) is 39.6 Å². The van der Waals surface area contributed by atoms with Gasteiger partial charge in [0.2, 0.25) is 9.84 Å². The van der Waals surface area contributed by atoms with Gasteiger partial charge in [-0.2, -0.15) is 0 Å². The molecule has 1 aliphatic rings. The first-order chi connectivity index (χ1) is 12.2. The quantitative estimate of drug-likeness (QED) is 0.784. The lowest BCUT2D eigenvalue weighted by molar-refractivity contribution is 0.585. The van der Waals surface area contributed by atoms with E-state index in [1.165, 1.54) is 6.20 Å². The van der Waals surface area contributed by atoms with Gasteiger partial charge in [0.05, 0.1) is 9.79 Å². The summed E-state index contributed by atoms with van der Waals surface area (Å²) in [4.78, 5) is 7.29. The lowest BCUT2D eigenvalue weighted by Gasteiger charge is -2.29. The molecule has 6 heteroatoms. The Morgan fingerprint density at radius 3 is 2.24 bits per heavy atom. The number of hydrogen-bond acceptors (Lipinski definition) is 5. The van der Waals surface area contributed by atoms with Crippen molar-refractivity contribution in [3.63, 3.8) is 0 Å². The molecule has 2 heterocycles. The maximum Gasteiger partial charge on any atom is 0.208 e. The van der Waals surface area contributed by atoms with Crippen molar-refractivity contribution in [2.45, 2.75) is 9.79 Å². The van der Waals surface area contributed by atoms with E-state index in [9.17, 15) is 8.42 Å². The van der Waals surface area contributed by atoms with Crippen molar-refractivity contribution in [3.8, 4) is 0 Å².